The molecule has 1 amide bonds. The van der Waals surface area contributed by atoms with Crippen molar-refractivity contribution in [1.29, 1.82) is 0 Å². The first-order valence-electron chi connectivity index (χ1n) is 9.16. The Labute approximate surface area is 165 Å². The molecule has 1 fully saturated rings. The summed E-state index contributed by atoms with van der Waals surface area (Å²) in [6.45, 7) is 0.179. The summed E-state index contributed by atoms with van der Waals surface area (Å²) >= 11 is 0. The van der Waals surface area contributed by atoms with E-state index in [1.165, 1.54) is 0 Å². The second-order valence-corrected chi connectivity index (χ2v) is 6.67. The largest absolute Gasteiger partial charge is 0.451 e. The first-order valence-corrected chi connectivity index (χ1v) is 9.16. The zero-order valence-corrected chi connectivity index (χ0v) is 15.4. The van der Waals surface area contributed by atoms with Crippen molar-refractivity contribution in [2.45, 2.75) is 12.8 Å². The molecule has 0 spiro atoms. The molecule has 1 aliphatic heterocycles. The van der Waals surface area contributed by atoms with E-state index < -0.39 is 18.4 Å². The molecule has 29 heavy (non-hydrogen) atoms. The summed E-state index contributed by atoms with van der Waals surface area (Å²) in [4.78, 5) is 50.0. The number of benzene rings is 2. The highest BCUT2D eigenvalue weighted by Gasteiger charge is 2.22. The average Bonchev–Trinajstić information content (AvgIpc) is 3.17. The molecule has 7 heteroatoms. The Balaban J connectivity index is 1.42. The number of nitrogens with zero attached hydrogens (tertiary/aromatic N) is 1. The highest BCUT2D eigenvalue weighted by atomic mass is 16.5. The molecule has 146 valence electrons. The molecule has 0 unspecified atom stereocenters. The van der Waals surface area contributed by atoms with E-state index in [9.17, 15) is 19.2 Å². The number of fused-ring (bicyclic) bond motifs is 1. The van der Waals surface area contributed by atoms with E-state index in [-0.39, 0.29) is 22.7 Å². The van der Waals surface area contributed by atoms with Crippen molar-refractivity contribution in [1.82, 2.24) is 0 Å². The molecule has 0 radical (unpaired) electrons. The Morgan fingerprint density at radius 2 is 1.79 bits per heavy atom. The third-order valence-electron chi connectivity index (χ3n) is 4.74. The maximum absolute atomic E-state index is 12.3. The number of carbonyl (C=O) groups is 3. The molecule has 2 heterocycles. The predicted molar refractivity (Wildman–Crippen MR) is 105 cm³/mol. The van der Waals surface area contributed by atoms with Crippen LogP contribution in [0.3, 0.4) is 0 Å². The summed E-state index contributed by atoms with van der Waals surface area (Å²) < 4.78 is 10.4. The number of carbonyl (C=O) groups excluding carboxylic acids is 3. The van der Waals surface area contributed by atoms with Crippen molar-refractivity contribution in [2.75, 3.05) is 18.1 Å². The molecule has 0 bridgehead atoms. The lowest BCUT2D eigenvalue weighted by atomic mass is 10.1. The maximum atomic E-state index is 12.3. The molecule has 4 rings (SSSR count). The van der Waals surface area contributed by atoms with Crippen LogP contribution in [0.25, 0.3) is 11.0 Å². The summed E-state index contributed by atoms with van der Waals surface area (Å²) in [6.07, 6.45) is 1.35. The van der Waals surface area contributed by atoms with Gasteiger partial charge >= 0.3 is 5.97 Å². The quantitative estimate of drug-likeness (QED) is 0.490. The lowest BCUT2D eigenvalue weighted by Gasteiger charge is -2.15. The van der Waals surface area contributed by atoms with Gasteiger partial charge in [-0.2, -0.15) is 0 Å². The zero-order valence-electron chi connectivity index (χ0n) is 15.4. The number of hydrogen-bond donors (Lipinski definition) is 0. The number of rotatable bonds is 5. The van der Waals surface area contributed by atoms with E-state index in [4.69, 9.17) is 9.15 Å². The van der Waals surface area contributed by atoms with E-state index in [1.54, 1.807) is 53.4 Å². The Kier molecular flexibility index (Phi) is 4.95. The summed E-state index contributed by atoms with van der Waals surface area (Å²) in [6, 6.07) is 14.2. The number of Topliss-reactive ketones (excluding diaryl/α,β-unsaturated/α-hetero) is 1. The van der Waals surface area contributed by atoms with E-state index in [2.05, 4.69) is 0 Å². The molecule has 0 atom stereocenters. The first-order chi connectivity index (χ1) is 14.0. The molecule has 2 aromatic carbocycles. The van der Waals surface area contributed by atoms with Gasteiger partial charge in [-0.15, -0.1) is 0 Å². The van der Waals surface area contributed by atoms with Gasteiger partial charge in [0.05, 0.1) is 5.39 Å². The van der Waals surface area contributed by atoms with Crippen LogP contribution in [0.15, 0.2) is 63.8 Å². The lowest BCUT2D eigenvalue weighted by Crippen LogP contribution is -2.23. The van der Waals surface area contributed by atoms with Crippen LogP contribution in [0.5, 0.6) is 0 Å². The van der Waals surface area contributed by atoms with Crippen LogP contribution in [-0.4, -0.2) is 30.8 Å². The highest BCUT2D eigenvalue weighted by Crippen LogP contribution is 2.21. The minimum Gasteiger partial charge on any atom is -0.451 e. The molecular weight excluding hydrogens is 374 g/mol. The number of amides is 1. The molecule has 1 aliphatic rings. The molecule has 3 aromatic rings. The summed E-state index contributed by atoms with van der Waals surface area (Å²) in [7, 11) is 0. The lowest BCUT2D eigenvalue weighted by molar-refractivity contribution is -0.117. The third kappa shape index (κ3) is 3.80. The van der Waals surface area contributed by atoms with Crippen LogP contribution in [0.2, 0.25) is 0 Å². The molecule has 7 nitrogen and oxygen atoms in total. The summed E-state index contributed by atoms with van der Waals surface area (Å²) in [5, 5.41) is 0.358. The number of anilines is 1. The van der Waals surface area contributed by atoms with Crippen molar-refractivity contribution in [3.05, 3.63) is 76.1 Å². The number of para-hydroxylation sites is 1. The van der Waals surface area contributed by atoms with Crippen LogP contribution in [0.4, 0.5) is 5.69 Å². The molecule has 0 saturated carbocycles. The van der Waals surface area contributed by atoms with Gasteiger partial charge < -0.3 is 14.1 Å². The van der Waals surface area contributed by atoms with E-state index in [0.717, 1.165) is 18.2 Å². The van der Waals surface area contributed by atoms with Crippen molar-refractivity contribution >= 4 is 34.3 Å². The van der Waals surface area contributed by atoms with E-state index >= 15 is 0 Å². The van der Waals surface area contributed by atoms with Crippen molar-refractivity contribution in [2.24, 2.45) is 0 Å². The fourth-order valence-corrected chi connectivity index (χ4v) is 3.24. The molecule has 1 aromatic heterocycles. The summed E-state index contributed by atoms with van der Waals surface area (Å²) in [5.41, 5.74) is 0.995. The van der Waals surface area contributed by atoms with Gasteiger partial charge in [0.1, 0.15) is 5.58 Å². The Morgan fingerprint density at radius 1 is 1.03 bits per heavy atom. The molecular formula is C22H17NO6. The van der Waals surface area contributed by atoms with Gasteiger partial charge in [0.2, 0.25) is 11.7 Å². The van der Waals surface area contributed by atoms with Crippen LogP contribution in [0.1, 0.15) is 33.8 Å². The average molecular weight is 391 g/mol. The SMILES string of the molecule is O=C(COC(=O)c1cc(=O)c2ccccc2o1)c1ccc(N2CCCC2=O)cc1. The van der Waals surface area contributed by atoms with E-state index in [0.29, 0.717) is 23.9 Å². The van der Waals surface area contributed by atoms with Crippen LogP contribution in [-0.2, 0) is 9.53 Å². The van der Waals surface area contributed by atoms with Gasteiger partial charge in [0, 0.05) is 30.3 Å². The van der Waals surface area contributed by atoms with Gasteiger partial charge in [-0.25, -0.2) is 4.79 Å². The standard InChI is InChI=1S/C22H17NO6/c24-17-12-20(29-19-5-2-1-4-16(17)19)22(27)28-13-18(25)14-7-9-15(10-8-14)23-11-3-6-21(23)26/h1-2,4-5,7-10,12H,3,6,11,13H2. The van der Waals surface area contributed by atoms with Crippen molar-refractivity contribution in [3.8, 4) is 0 Å². The van der Waals surface area contributed by atoms with Gasteiger partial charge in [-0.1, -0.05) is 12.1 Å². The Bertz CT molecular complexity index is 1160. The third-order valence-corrected chi connectivity index (χ3v) is 4.74. The second kappa shape index (κ2) is 7.71. The van der Waals surface area contributed by atoms with Crippen molar-refractivity contribution < 1.29 is 23.5 Å². The maximum Gasteiger partial charge on any atom is 0.374 e. The van der Waals surface area contributed by atoms with E-state index in [1.807, 2.05) is 0 Å². The minimum atomic E-state index is -0.888. The van der Waals surface area contributed by atoms with Gasteiger partial charge in [0.25, 0.3) is 0 Å². The van der Waals surface area contributed by atoms with Crippen LogP contribution >= 0.6 is 0 Å². The topological polar surface area (TPSA) is 93.9 Å². The number of esters is 1. The fraction of sp³-hybridized carbons (Fsp3) is 0.182. The molecule has 1 saturated heterocycles. The number of ketones is 1. The first kappa shape index (κ1) is 18.6. The van der Waals surface area contributed by atoms with Gasteiger partial charge in [0.15, 0.2) is 17.8 Å². The van der Waals surface area contributed by atoms with Gasteiger partial charge in [-0.05, 0) is 42.8 Å². The highest BCUT2D eigenvalue weighted by molar-refractivity contribution is 6.00. The Morgan fingerprint density at radius 3 is 2.52 bits per heavy atom. The molecule has 0 aliphatic carbocycles. The second-order valence-electron chi connectivity index (χ2n) is 6.67. The predicted octanol–water partition coefficient (Wildman–Crippen LogP) is 2.96. The van der Waals surface area contributed by atoms with Gasteiger partial charge in [-0.3, -0.25) is 14.4 Å². The van der Waals surface area contributed by atoms with Crippen molar-refractivity contribution in [3.63, 3.8) is 0 Å². The number of ether oxygens (including phenoxy) is 1. The molecule has 0 N–H and O–H groups in total. The fourth-order valence-electron chi connectivity index (χ4n) is 3.24. The van der Waals surface area contributed by atoms with Crippen LogP contribution < -0.4 is 10.3 Å². The normalized spacial score (nSPS) is 13.7. The zero-order chi connectivity index (χ0) is 20.4. The Hall–Kier alpha value is -3.74. The number of hydrogen-bond acceptors (Lipinski definition) is 6. The van der Waals surface area contributed by atoms with Crippen LogP contribution in [0, 0.1) is 0 Å². The smallest absolute Gasteiger partial charge is 0.374 e. The summed E-state index contributed by atoms with van der Waals surface area (Å²) in [5.74, 6) is -1.49. The minimum absolute atomic E-state index is 0.0647. The monoisotopic (exact) mass is 391 g/mol.